The molecule has 0 aromatic carbocycles. The third-order valence-corrected chi connectivity index (χ3v) is 5.56. The fourth-order valence-corrected chi connectivity index (χ4v) is 3.62. The van der Waals surface area contributed by atoms with Crippen LogP contribution in [0.15, 0.2) is 40.6 Å². The summed E-state index contributed by atoms with van der Waals surface area (Å²) >= 11 is 0. The summed E-state index contributed by atoms with van der Waals surface area (Å²) in [7, 11) is 0. The molecule has 0 amide bonds. The molecule has 36 heavy (non-hydrogen) atoms. The summed E-state index contributed by atoms with van der Waals surface area (Å²) in [5, 5.41) is 0. The maximum absolute atomic E-state index is 13.1. The van der Waals surface area contributed by atoms with Crippen LogP contribution in [0.3, 0.4) is 0 Å². The van der Waals surface area contributed by atoms with E-state index in [1.54, 1.807) is 0 Å². The van der Waals surface area contributed by atoms with Gasteiger partial charge in [0.15, 0.2) is 0 Å². The zero-order valence-electron chi connectivity index (χ0n) is 21.2. The van der Waals surface area contributed by atoms with Crippen LogP contribution in [-0.4, -0.2) is 53.3 Å². The standard InChI is InChI=1S/C25H38N6O5/c1-2-26-15-9-5-7-13-19-30-23(29-18-12-4-3-10-16-27-21-32)36-25(35)31(24(30)34)20-14-8-6-11-17-28-22-33/h1,3-20H2. The summed E-state index contributed by atoms with van der Waals surface area (Å²) < 4.78 is 8.05. The van der Waals surface area contributed by atoms with Crippen molar-refractivity contribution in [2.75, 3.05) is 26.2 Å². The van der Waals surface area contributed by atoms with Crippen LogP contribution in [0.4, 0.5) is 0 Å². The molecule has 0 saturated carbocycles. The number of carbonyl (C=O) groups excluding carboxylic acids is 2. The molecule has 0 bridgehead atoms. The van der Waals surface area contributed by atoms with Crippen molar-refractivity contribution in [1.82, 2.24) is 9.13 Å². The van der Waals surface area contributed by atoms with Crippen molar-refractivity contribution < 1.29 is 14.0 Å². The molecule has 0 spiro atoms. The van der Waals surface area contributed by atoms with Gasteiger partial charge in [-0.05, 0) is 51.0 Å². The molecule has 0 fully saturated rings. The number of hydrogen-bond donors (Lipinski definition) is 0. The van der Waals surface area contributed by atoms with Crippen molar-refractivity contribution in [3.63, 3.8) is 0 Å². The lowest BCUT2D eigenvalue weighted by Crippen LogP contribution is -2.47. The summed E-state index contributed by atoms with van der Waals surface area (Å²) in [5.74, 6) is 1.82. The van der Waals surface area contributed by atoms with Gasteiger partial charge in [-0.1, -0.05) is 38.5 Å². The van der Waals surface area contributed by atoms with Crippen LogP contribution in [0.1, 0.15) is 77.0 Å². The maximum Gasteiger partial charge on any atom is 0.425 e. The Balaban J connectivity index is 2.81. The molecule has 0 saturated heterocycles. The van der Waals surface area contributed by atoms with E-state index in [2.05, 4.69) is 32.4 Å². The van der Waals surface area contributed by atoms with Gasteiger partial charge in [0, 0.05) is 26.2 Å². The lowest BCUT2D eigenvalue weighted by molar-refractivity contribution is 0.300. The Kier molecular flexibility index (Phi) is 17.8. The average Bonchev–Trinajstić information content (AvgIpc) is 2.87. The summed E-state index contributed by atoms with van der Waals surface area (Å²) in [6.45, 7) is 6.17. The van der Waals surface area contributed by atoms with Gasteiger partial charge in [0.05, 0.1) is 13.1 Å². The first kappa shape index (κ1) is 30.7. The smallest absolute Gasteiger partial charge is 0.375 e. The van der Waals surface area contributed by atoms with Crippen LogP contribution in [-0.2, 0) is 22.7 Å². The van der Waals surface area contributed by atoms with Crippen molar-refractivity contribution in [1.29, 1.82) is 0 Å². The van der Waals surface area contributed by atoms with E-state index in [-0.39, 0.29) is 12.2 Å². The van der Waals surface area contributed by atoms with Crippen molar-refractivity contribution in [3.05, 3.63) is 33.3 Å². The van der Waals surface area contributed by atoms with Gasteiger partial charge >= 0.3 is 17.1 Å². The summed E-state index contributed by atoms with van der Waals surface area (Å²) in [5.41, 5.74) is -0.340. The van der Waals surface area contributed by atoms with Gasteiger partial charge in [0.1, 0.15) is 0 Å². The van der Waals surface area contributed by atoms with Gasteiger partial charge in [-0.15, -0.1) is 0 Å². The molecule has 0 aliphatic heterocycles. The molecule has 1 heterocycles. The van der Waals surface area contributed by atoms with E-state index in [4.69, 9.17) is 4.42 Å². The fourth-order valence-electron chi connectivity index (χ4n) is 3.62. The Morgan fingerprint density at radius 2 is 1.11 bits per heavy atom. The number of rotatable bonds is 21. The van der Waals surface area contributed by atoms with Crippen LogP contribution in [0.25, 0.3) is 0 Å². The van der Waals surface area contributed by atoms with E-state index in [0.717, 1.165) is 75.2 Å². The van der Waals surface area contributed by atoms with Crippen LogP contribution >= 0.6 is 0 Å². The normalized spacial score (nSPS) is 10.9. The molecular formula is C25H38N6O5. The first-order chi connectivity index (χ1) is 17.7. The Morgan fingerprint density at radius 1 is 0.639 bits per heavy atom. The zero-order valence-corrected chi connectivity index (χ0v) is 21.2. The Bertz CT molecular complexity index is 1080. The van der Waals surface area contributed by atoms with Gasteiger partial charge in [-0.3, -0.25) is 0 Å². The first-order valence-electron chi connectivity index (χ1n) is 12.8. The number of isocyanates is 2. The molecule has 0 N–H and O–H groups in total. The Hall–Kier alpha value is -3.38. The van der Waals surface area contributed by atoms with E-state index >= 15 is 0 Å². The van der Waals surface area contributed by atoms with Gasteiger partial charge < -0.3 is 4.42 Å². The molecule has 11 heteroatoms. The summed E-state index contributed by atoms with van der Waals surface area (Å²) in [6.07, 6.45) is 13.0. The third-order valence-electron chi connectivity index (χ3n) is 5.56. The van der Waals surface area contributed by atoms with Crippen molar-refractivity contribution >= 4 is 18.0 Å². The van der Waals surface area contributed by atoms with E-state index in [1.165, 1.54) is 16.7 Å². The fraction of sp³-hybridized carbons (Fsp3) is 0.720. The number of unbranched alkanes of at least 4 members (excludes halogenated alkanes) is 9. The third kappa shape index (κ3) is 13.5. The van der Waals surface area contributed by atoms with Crippen LogP contribution < -0.4 is 17.1 Å². The van der Waals surface area contributed by atoms with Crippen LogP contribution in [0.2, 0.25) is 0 Å². The molecule has 0 unspecified atom stereocenters. The summed E-state index contributed by atoms with van der Waals surface area (Å²) in [6, 6.07) is 0. The zero-order chi connectivity index (χ0) is 26.3. The monoisotopic (exact) mass is 502 g/mol. The topological polar surface area (TPSA) is 141 Å². The first-order valence-corrected chi connectivity index (χ1v) is 12.8. The lowest BCUT2D eigenvalue weighted by atomic mass is 10.2. The second-order valence-corrected chi connectivity index (χ2v) is 8.35. The lowest BCUT2D eigenvalue weighted by Gasteiger charge is -2.10. The van der Waals surface area contributed by atoms with Crippen molar-refractivity contribution in [2.24, 2.45) is 20.0 Å². The molecule has 0 aliphatic rings. The second kappa shape index (κ2) is 20.9. The van der Waals surface area contributed by atoms with Crippen LogP contribution in [0, 0.1) is 0 Å². The molecule has 0 atom stereocenters. The maximum atomic E-state index is 13.1. The molecule has 11 nitrogen and oxygen atoms in total. The van der Waals surface area contributed by atoms with Crippen molar-refractivity contribution in [3.8, 4) is 0 Å². The van der Waals surface area contributed by atoms with Gasteiger partial charge in [-0.2, -0.15) is 0 Å². The SMILES string of the molecule is C=C=NCCCCCCn1c(=NCCCCCCN=C=O)oc(=O)n(CCCCCCN=C=O)c1=O. The van der Waals surface area contributed by atoms with E-state index < -0.39 is 11.4 Å². The molecule has 1 aromatic rings. The van der Waals surface area contributed by atoms with Gasteiger partial charge in [0.2, 0.25) is 12.2 Å². The molecule has 1 aromatic heterocycles. The molecular weight excluding hydrogens is 464 g/mol. The molecule has 0 aliphatic carbocycles. The highest BCUT2D eigenvalue weighted by molar-refractivity contribution is 5.46. The van der Waals surface area contributed by atoms with E-state index in [9.17, 15) is 19.2 Å². The number of aromatic nitrogens is 2. The Labute approximate surface area is 211 Å². The molecule has 198 valence electrons. The van der Waals surface area contributed by atoms with Crippen LogP contribution in [0.5, 0.6) is 0 Å². The minimum Gasteiger partial charge on any atom is -0.375 e. The second-order valence-electron chi connectivity index (χ2n) is 8.35. The number of hydrogen-bond acceptors (Lipinski definition) is 9. The quantitative estimate of drug-likeness (QED) is 0.144. The molecule has 1 rings (SSSR count). The summed E-state index contributed by atoms with van der Waals surface area (Å²) in [4.78, 5) is 61.3. The number of aliphatic imine (C=N–C) groups is 3. The van der Waals surface area contributed by atoms with E-state index in [0.29, 0.717) is 39.1 Å². The average molecular weight is 503 g/mol. The predicted molar refractivity (Wildman–Crippen MR) is 137 cm³/mol. The largest absolute Gasteiger partial charge is 0.425 e. The van der Waals surface area contributed by atoms with Gasteiger partial charge in [0.25, 0.3) is 0 Å². The number of nitrogens with zero attached hydrogens (tertiary/aromatic N) is 6. The Morgan fingerprint density at radius 3 is 1.64 bits per heavy atom. The van der Waals surface area contributed by atoms with Gasteiger partial charge in [-0.25, -0.2) is 48.3 Å². The highest BCUT2D eigenvalue weighted by atomic mass is 16.4. The van der Waals surface area contributed by atoms with Crippen molar-refractivity contribution in [2.45, 2.75) is 90.1 Å². The highest BCUT2D eigenvalue weighted by Crippen LogP contribution is 2.03. The van der Waals surface area contributed by atoms with E-state index in [1.807, 2.05) is 0 Å². The minimum atomic E-state index is -0.699. The predicted octanol–water partition coefficient (Wildman–Crippen LogP) is 2.71. The highest BCUT2D eigenvalue weighted by Gasteiger charge is 2.11. The minimum absolute atomic E-state index is 0.0646. The molecule has 0 radical (unpaired) electrons.